The molecule has 1 saturated carbocycles. The van der Waals surface area contributed by atoms with E-state index in [1.807, 2.05) is 42.7 Å². The van der Waals surface area contributed by atoms with Gasteiger partial charge in [-0.1, -0.05) is 36.0 Å². The molecule has 1 aromatic carbocycles. The summed E-state index contributed by atoms with van der Waals surface area (Å²) >= 11 is 1.37. The van der Waals surface area contributed by atoms with Gasteiger partial charge in [-0.2, -0.15) is 0 Å². The summed E-state index contributed by atoms with van der Waals surface area (Å²) in [6, 6.07) is 8.06. The van der Waals surface area contributed by atoms with Crippen LogP contribution in [0.25, 0.3) is 11.4 Å². The van der Waals surface area contributed by atoms with Crippen molar-refractivity contribution in [2.24, 2.45) is 5.92 Å². The third-order valence-electron chi connectivity index (χ3n) is 4.45. The van der Waals surface area contributed by atoms with Crippen molar-refractivity contribution in [1.82, 2.24) is 25.4 Å². The molecule has 0 saturated heterocycles. The molecule has 1 fully saturated rings. The van der Waals surface area contributed by atoms with Crippen LogP contribution in [0.3, 0.4) is 0 Å². The summed E-state index contributed by atoms with van der Waals surface area (Å²) in [5.41, 5.74) is 2.19. The summed E-state index contributed by atoms with van der Waals surface area (Å²) in [7, 11) is 0. The molecule has 0 aliphatic heterocycles. The summed E-state index contributed by atoms with van der Waals surface area (Å²) < 4.78 is 2.02. The number of rotatable bonds is 9. The van der Waals surface area contributed by atoms with E-state index in [4.69, 9.17) is 0 Å². The fraction of sp³-hybridized carbons (Fsp3) is 0.474. The molecule has 1 aliphatic carbocycles. The zero-order valence-electron chi connectivity index (χ0n) is 15.7. The minimum absolute atomic E-state index is 0.0798. The number of hydrogen-bond donors (Lipinski definition) is 2. The van der Waals surface area contributed by atoms with Crippen LogP contribution in [-0.4, -0.2) is 45.4 Å². The van der Waals surface area contributed by atoms with Crippen molar-refractivity contribution < 1.29 is 9.59 Å². The van der Waals surface area contributed by atoms with Crippen molar-refractivity contribution in [2.45, 2.75) is 38.4 Å². The van der Waals surface area contributed by atoms with Gasteiger partial charge >= 0.3 is 0 Å². The second kappa shape index (κ2) is 9.03. The number of thioether (sulfide) groups is 1. The minimum atomic E-state index is -0.0798. The maximum atomic E-state index is 12.0. The highest BCUT2D eigenvalue weighted by Crippen LogP contribution is 2.28. The molecular weight excluding hydrogens is 362 g/mol. The van der Waals surface area contributed by atoms with Crippen LogP contribution in [0, 0.1) is 12.8 Å². The van der Waals surface area contributed by atoms with Crippen molar-refractivity contribution in [2.75, 3.05) is 18.8 Å². The molecule has 3 rings (SSSR count). The van der Waals surface area contributed by atoms with Crippen LogP contribution in [0.5, 0.6) is 0 Å². The van der Waals surface area contributed by atoms with Gasteiger partial charge in [-0.3, -0.25) is 9.59 Å². The number of hydrogen-bond acceptors (Lipinski definition) is 5. The van der Waals surface area contributed by atoms with Crippen molar-refractivity contribution in [3.63, 3.8) is 0 Å². The topological polar surface area (TPSA) is 88.9 Å². The number of benzene rings is 1. The summed E-state index contributed by atoms with van der Waals surface area (Å²) in [5, 5.41) is 15.0. The van der Waals surface area contributed by atoms with Gasteiger partial charge in [0.05, 0.1) is 5.75 Å². The monoisotopic (exact) mass is 387 g/mol. The molecular formula is C19H25N5O2S. The number of aryl methyl sites for hydroxylation is 1. The second-order valence-electron chi connectivity index (χ2n) is 6.57. The molecule has 0 unspecified atom stereocenters. The highest BCUT2D eigenvalue weighted by molar-refractivity contribution is 7.99. The van der Waals surface area contributed by atoms with Gasteiger partial charge in [-0.15, -0.1) is 10.2 Å². The third kappa shape index (κ3) is 5.09. The largest absolute Gasteiger partial charge is 0.354 e. The van der Waals surface area contributed by atoms with E-state index in [2.05, 4.69) is 20.8 Å². The molecule has 1 aliphatic rings. The van der Waals surface area contributed by atoms with E-state index in [0.29, 0.717) is 13.1 Å². The number of nitrogens with one attached hydrogen (secondary N) is 2. The molecule has 2 amide bonds. The summed E-state index contributed by atoms with van der Waals surface area (Å²) in [6.45, 7) is 5.72. The molecule has 0 atom stereocenters. The van der Waals surface area contributed by atoms with Crippen LogP contribution in [-0.2, 0) is 16.1 Å². The van der Waals surface area contributed by atoms with Crippen LogP contribution >= 0.6 is 11.8 Å². The Morgan fingerprint density at radius 2 is 1.93 bits per heavy atom. The standard InChI is InChI=1S/C19H25N5O2S/c1-3-24-17(15-7-5-4-6-13(15)2)22-23-19(24)27-12-16(25)20-10-11-21-18(26)14-8-9-14/h4-7,14H,3,8-12H2,1-2H3,(H,20,25)(H,21,26). The molecule has 0 spiro atoms. The SMILES string of the molecule is CCn1c(SCC(=O)NCCNC(=O)C2CC2)nnc1-c1ccccc1C. The van der Waals surface area contributed by atoms with Crippen LogP contribution in [0.1, 0.15) is 25.3 Å². The zero-order chi connectivity index (χ0) is 19.2. The van der Waals surface area contributed by atoms with Crippen molar-refractivity contribution in [1.29, 1.82) is 0 Å². The lowest BCUT2D eigenvalue weighted by Crippen LogP contribution is -2.36. The molecule has 8 heteroatoms. The van der Waals surface area contributed by atoms with Crippen LogP contribution in [0.15, 0.2) is 29.4 Å². The Balaban J connectivity index is 1.49. The van der Waals surface area contributed by atoms with Gasteiger partial charge in [0.2, 0.25) is 11.8 Å². The fourth-order valence-electron chi connectivity index (χ4n) is 2.76. The van der Waals surface area contributed by atoms with E-state index < -0.39 is 0 Å². The van der Waals surface area contributed by atoms with Gasteiger partial charge in [0, 0.05) is 31.1 Å². The summed E-state index contributed by atoms with van der Waals surface area (Å²) in [6.07, 6.45) is 1.97. The predicted molar refractivity (Wildman–Crippen MR) is 105 cm³/mol. The molecule has 2 aromatic rings. The predicted octanol–water partition coefficient (Wildman–Crippen LogP) is 2.01. The van der Waals surface area contributed by atoms with Gasteiger partial charge < -0.3 is 15.2 Å². The van der Waals surface area contributed by atoms with E-state index in [1.165, 1.54) is 11.8 Å². The maximum Gasteiger partial charge on any atom is 0.230 e. The highest BCUT2D eigenvalue weighted by atomic mass is 32.2. The third-order valence-corrected chi connectivity index (χ3v) is 5.41. The van der Waals surface area contributed by atoms with Crippen LogP contribution in [0.2, 0.25) is 0 Å². The molecule has 2 N–H and O–H groups in total. The van der Waals surface area contributed by atoms with Crippen LogP contribution < -0.4 is 10.6 Å². The molecule has 144 valence electrons. The first-order valence-corrected chi connectivity index (χ1v) is 10.2. The molecule has 27 heavy (non-hydrogen) atoms. The summed E-state index contributed by atoms with van der Waals surface area (Å²) in [4.78, 5) is 23.6. The lowest BCUT2D eigenvalue weighted by Gasteiger charge is -2.09. The maximum absolute atomic E-state index is 12.0. The Kier molecular flexibility index (Phi) is 6.49. The zero-order valence-corrected chi connectivity index (χ0v) is 16.5. The van der Waals surface area contributed by atoms with E-state index in [9.17, 15) is 9.59 Å². The Bertz CT molecular complexity index is 816. The number of carbonyl (C=O) groups is 2. The van der Waals surface area contributed by atoms with Gasteiger partial charge in [0.1, 0.15) is 0 Å². The number of amides is 2. The molecule has 0 radical (unpaired) electrons. The lowest BCUT2D eigenvalue weighted by molar-refractivity contribution is -0.123. The van der Waals surface area contributed by atoms with Crippen molar-refractivity contribution >= 4 is 23.6 Å². The van der Waals surface area contributed by atoms with E-state index >= 15 is 0 Å². The molecule has 1 aromatic heterocycles. The normalized spacial score (nSPS) is 13.4. The van der Waals surface area contributed by atoms with Crippen molar-refractivity contribution in [3.8, 4) is 11.4 Å². The Morgan fingerprint density at radius 3 is 2.63 bits per heavy atom. The van der Waals surface area contributed by atoms with E-state index in [1.54, 1.807) is 0 Å². The fourth-order valence-corrected chi connectivity index (χ4v) is 3.59. The average Bonchev–Trinajstić information content (AvgIpc) is 3.44. The van der Waals surface area contributed by atoms with Gasteiger partial charge in [-0.05, 0) is 32.3 Å². The smallest absolute Gasteiger partial charge is 0.230 e. The number of carbonyl (C=O) groups excluding carboxylic acids is 2. The number of aromatic nitrogens is 3. The first-order chi connectivity index (χ1) is 13.1. The van der Waals surface area contributed by atoms with Gasteiger partial charge in [0.15, 0.2) is 11.0 Å². The van der Waals surface area contributed by atoms with Crippen LogP contribution in [0.4, 0.5) is 0 Å². The van der Waals surface area contributed by atoms with E-state index in [0.717, 1.165) is 41.5 Å². The Morgan fingerprint density at radius 1 is 1.19 bits per heavy atom. The number of nitrogens with zero attached hydrogens (tertiary/aromatic N) is 3. The highest BCUT2D eigenvalue weighted by Gasteiger charge is 2.29. The minimum Gasteiger partial charge on any atom is -0.354 e. The van der Waals surface area contributed by atoms with Gasteiger partial charge in [-0.25, -0.2) is 0 Å². The molecule has 7 nitrogen and oxygen atoms in total. The summed E-state index contributed by atoms with van der Waals surface area (Å²) in [5.74, 6) is 1.30. The quantitative estimate of drug-likeness (QED) is 0.508. The Hall–Kier alpha value is -2.35. The van der Waals surface area contributed by atoms with Crippen molar-refractivity contribution in [3.05, 3.63) is 29.8 Å². The van der Waals surface area contributed by atoms with E-state index in [-0.39, 0.29) is 23.5 Å². The second-order valence-corrected chi connectivity index (χ2v) is 7.51. The molecule has 0 bridgehead atoms. The first-order valence-electron chi connectivity index (χ1n) is 9.26. The average molecular weight is 388 g/mol. The van der Waals surface area contributed by atoms with Gasteiger partial charge in [0.25, 0.3) is 0 Å². The first kappa shape index (κ1) is 19.4. The Labute approximate surface area is 163 Å². The molecule has 1 heterocycles. The lowest BCUT2D eigenvalue weighted by atomic mass is 10.1.